The van der Waals surface area contributed by atoms with Crippen molar-refractivity contribution in [3.8, 4) is 0 Å². The highest BCUT2D eigenvalue weighted by Crippen LogP contribution is 2.10. The third-order valence-corrected chi connectivity index (χ3v) is 3.54. The van der Waals surface area contributed by atoms with E-state index in [9.17, 15) is 0 Å². The monoisotopic (exact) mass is 353 g/mol. The van der Waals surface area contributed by atoms with Crippen LogP contribution in [0.4, 0.5) is 0 Å². The first-order chi connectivity index (χ1) is 12.0. The molecule has 0 bridgehead atoms. The van der Waals surface area contributed by atoms with E-state index in [0.717, 1.165) is 50.7 Å². The highest BCUT2D eigenvalue weighted by Gasteiger charge is 2.08. The summed E-state index contributed by atoms with van der Waals surface area (Å²) in [5.41, 5.74) is 0. The van der Waals surface area contributed by atoms with Gasteiger partial charge in [-0.05, 0) is 25.7 Å². The lowest BCUT2D eigenvalue weighted by molar-refractivity contribution is 0.128. The summed E-state index contributed by atoms with van der Waals surface area (Å²) < 4.78 is 10.8. The molecule has 144 valence electrons. The summed E-state index contributed by atoms with van der Waals surface area (Å²) in [4.78, 5) is 8.94. The molecule has 1 heterocycles. The first-order valence-corrected chi connectivity index (χ1v) is 9.45. The molecule has 0 saturated heterocycles. The quantitative estimate of drug-likeness (QED) is 0.341. The lowest BCUT2D eigenvalue weighted by Gasteiger charge is -2.11. The van der Waals surface area contributed by atoms with Crippen molar-refractivity contribution in [2.24, 2.45) is 10.9 Å². The van der Waals surface area contributed by atoms with Crippen molar-refractivity contribution in [3.63, 3.8) is 0 Å². The molecule has 0 aliphatic heterocycles. The van der Waals surface area contributed by atoms with Gasteiger partial charge in [0, 0.05) is 38.6 Å². The van der Waals surface area contributed by atoms with E-state index < -0.39 is 0 Å². The van der Waals surface area contributed by atoms with Gasteiger partial charge in [-0.3, -0.25) is 4.99 Å². The van der Waals surface area contributed by atoms with Crippen LogP contribution in [0, 0.1) is 5.92 Å². The van der Waals surface area contributed by atoms with Crippen molar-refractivity contribution in [3.05, 3.63) is 11.7 Å². The van der Waals surface area contributed by atoms with Crippen molar-refractivity contribution in [2.75, 3.05) is 32.8 Å². The van der Waals surface area contributed by atoms with Crippen molar-refractivity contribution in [2.45, 2.75) is 59.8 Å². The number of aromatic nitrogens is 2. The number of ether oxygens (including phenoxy) is 1. The Labute approximate surface area is 152 Å². The Morgan fingerprint density at radius 3 is 2.64 bits per heavy atom. The molecule has 1 rings (SSSR count). The van der Waals surface area contributed by atoms with Gasteiger partial charge >= 0.3 is 0 Å². The molecule has 0 aliphatic rings. The van der Waals surface area contributed by atoms with E-state index in [4.69, 9.17) is 9.26 Å². The molecule has 0 aliphatic carbocycles. The predicted octanol–water partition coefficient (Wildman–Crippen LogP) is 2.74. The minimum absolute atomic E-state index is 0.294. The van der Waals surface area contributed by atoms with Gasteiger partial charge in [0.25, 0.3) is 0 Å². The molecular formula is C18H35N5O2. The number of guanidine groups is 1. The number of hydrogen-bond donors (Lipinski definition) is 2. The van der Waals surface area contributed by atoms with Gasteiger partial charge in [0.05, 0.1) is 6.61 Å². The first kappa shape index (κ1) is 21.4. The summed E-state index contributed by atoms with van der Waals surface area (Å²) in [6.07, 6.45) is 2.73. The minimum Gasteiger partial charge on any atom is -0.380 e. The molecule has 2 N–H and O–H groups in total. The largest absolute Gasteiger partial charge is 0.380 e. The summed E-state index contributed by atoms with van der Waals surface area (Å²) >= 11 is 0. The van der Waals surface area contributed by atoms with E-state index in [0.29, 0.717) is 30.9 Å². The maximum Gasteiger partial charge on any atom is 0.226 e. The van der Waals surface area contributed by atoms with Crippen LogP contribution in [-0.2, 0) is 11.2 Å². The van der Waals surface area contributed by atoms with E-state index in [2.05, 4.69) is 60.4 Å². The van der Waals surface area contributed by atoms with Crippen LogP contribution in [0.5, 0.6) is 0 Å². The summed E-state index contributed by atoms with van der Waals surface area (Å²) in [5, 5.41) is 10.5. The molecule has 0 unspecified atom stereocenters. The van der Waals surface area contributed by atoms with Crippen LogP contribution in [-0.4, -0.2) is 48.9 Å². The Kier molecular flexibility index (Phi) is 10.9. The first-order valence-electron chi connectivity index (χ1n) is 9.45. The number of rotatable bonds is 12. The molecule has 0 fully saturated rings. The molecule has 0 radical (unpaired) electrons. The number of aliphatic imine (C=N–C) groups is 1. The maximum atomic E-state index is 5.61. The molecule has 0 saturated carbocycles. The standard InChI is InChI=1S/C18H35N5O2/c1-6-19-18(21-11-13-24-12-9-14(2)3)20-10-7-8-16-22-17(15(4)5)23-25-16/h14-15H,6-13H2,1-5H3,(H2,19,20,21). The molecule has 25 heavy (non-hydrogen) atoms. The predicted molar refractivity (Wildman–Crippen MR) is 101 cm³/mol. The lowest BCUT2D eigenvalue weighted by Crippen LogP contribution is -2.39. The Morgan fingerprint density at radius 1 is 1.20 bits per heavy atom. The van der Waals surface area contributed by atoms with Gasteiger partial charge in [0.1, 0.15) is 0 Å². The summed E-state index contributed by atoms with van der Waals surface area (Å²) in [7, 11) is 0. The molecule has 0 aromatic carbocycles. The highest BCUT2D eigenvalue weighted by atomic mass is 16.5. The topological polar surface area (TPSA) is 84.6 Å². The Hall–Kier alpha value is -1.63. The van der Waals surface area contributed by atoms with E-state index in [1.54, 1.807) is 0 Å². The number of nitrogens with zero attached hydrogens (tertiary/aromatic N) is 3. The van der Waals surface area contributed by atoms with E-state index in [-0.39, 0.29) is 0 Å². The van der Waals surface area contributed by atoms with Crippen LogP contribution in [0.2, 0.25) is 0 Å². The lowest BCUT2D eigenvalue weighted by atomic mass is 10.1. The van der Waals surface area contributed by atoms with Crippen LogP contribution in [0.1, 0.15) is 65.1 Å². The van der Waals surface area contributed by atoms with E-state index in [1.807, 2.05) is 0 Å². The normalized spacial score (nSPS) is 12.2. The fourth-order valence-corrected chi connectivity index (χ4v) is 2.03. The summed E-state index contributed by atoms with van der Waals surface area (Å²) in [6.45, 7) is 14.4. The van der Waals surface area contributed by atoms with Gasteiger partial charge in [0.15, 0.2) is 11.8 Å². The number of aryl methyl sites for hydroxylation is 1. The molecule has 7 heteroatoms. The third kappa shape index (κ3) is 10.1. The van der Waals surface area contributed by atoms with Crippen LogP contribution in [0.15, 0.2) is 9.52 Å². The molecule has 1 aromatic rings. The van der Waals surface area contributed by atoms with Gasteiger partial charge in [0.2, 0.25) is 5.89 Å². The molecule has 1 aromatic heterocycles. The van der Waals surface area contributed by atoms with Crippen LogP contribution in [0.25, 0.3) is 0 Å². The maximum absolute atomic E-state index is 5.61. The number of nitrogens with one attached hydrogen (secondary N) is 2. The minimum atomic E-state index is 0.294. The Bertz CT molecular complexity index is 486. The van der Waals surface area contributed by atoms with Crippen molar-refractivity contribution >= 4 is 5.96 Å². The van der Waals surface area contributed by atoms with Crippen molar-refractivity contribution < 1.29 is 9.26 Å². The molecule has 0 amide bonds. The average Bonchev–Trinajstić information content (AvgIpc) is 3.03. The average molecular weight is 354 g/mol. The summed E-state index contributed by atoms with van der Waals surface area (Å²) in [6, 6.07) is 0. The van der Waals surface area contributed by atoms with Crippen LogP contribution >= 0.6 is 0 Å². The Balaban J connectivity index is 2.22. The van der Waals surface area contributed by atoms with Gasteiger partial charge in [-0.25, -0.2) is 0 Å². The van der Waals surface area contributed by atoms with Crippen LogP contribution < -0.4 is 10.6 Å². The fourth-order valence-electron chi connectivity index (χ4n) is 2.03. The van der Waals surface area contributed by atoms with Gasteiger partial charge < -0.3 is 19.9 Å². The van der Waals surface area contributed by atoms with E-state index >= 15 is 0 Å². The SMILES string of the molecule is CCNC(=NCCCc1nc(C(C)C)no1)NCCOCCC(C)C. The second kappa shape index (κ2) is 12.7. The highest BCUT2D eigenvalue weighted by molar-refractivity contribution is 5.79. The van der Waals surface area contributed by atoms with Crippen molar-refractivity contribution in [1.29, 1.82) is 0 Å². The van der Waals surface area contributed by atoms with Gasteiger partial charge in [-0.2, -0.15) is 4.98 Å². The second-order valence-corrected chi connectivity index (χ2v) is 6.79. The second-order valence-electron chi connectivity index (χ2n) is 6.79. The van der Waals surface area contributed by atoms with Crippen molar-refractivity contribution in [1.82, 2.24) is 20.8 Å². The zero-order valence-electron chi connectivity index (χ0n) is 16.5. The molecule has 7 nitrogen and oxygen atoms in total. The van der Waals surface area contributed by atoms with Gasteiger partial charge in [-0.1, -0.05) is 32.9 Å². The smallest absolute Gasteiger partial charge is 0.226 e. The Morgan fingerprint density at radius 2 is 2.00 bits per heavy atom. The molecule has 0 spiro atoms. The molecule has 0 atom stereocenters. The molecular weight excluding hydrogens is 318 g/mol. The van der Waals surface area contributed by atoms with Crippen LogP contribution in [0.3, 0.4) is 0 Å². The summed E-state index contributed by atoms with van der Waals surface area (Å²) in [5.74, 6) is 3.26. The fraction of sp³-hybridized carbons (Fsp3) is 0.833. The zero-order chi connectivity index (χ0) is 18.5. The zero-order valence-corrected chi connectivity index (χ0v) is 16.5. The van der Waals surface area contributed by atoms with E-state index in [1.165, 1.54) is 0 Å². The third-order valence-electron chi connectivity index (χ3n) is 3.54. The number of hydrogen-bond acceptors (Lipinski definition) is 5. The van der Waals surface area contributed by atoms with Gasteiger partial charge in [-0.15, -0.1) is 0 Å².